The summed E-state index contributed by atoms with van der Waals surface area (Å²) in [5.41, 5.74) is 5.37. The first-order valence-corrected chi connectivity index (χ1v) is 4.30. The van der Waals surface area contributed by atoms with Crippen molar-refractivity contribution in [3.8, 4) is 0 Å². The number of rotatable bonds is 2. The molecule has 15 heavy (non-hydrogen) atoms. The summed E-state index contributed by atoms with van der Waals surface area (Å²) in [5, 5.41) is 3.95. The zero-order valence-corrected chi connectivity index (χ0v) is 8.11. The van der Waals surface area contributed by atoms with Crippen LogP contribution in [0.3, 0.4) is 0 Å². The molecule has 7 heteroatoms. The summed E-state index contributed by atoms with van der Waals surface area (Å²) in [6.07, 6.45) is 5.82. The third kappa shape index (κ3) is 1.71. The molecule has 7 nitrogen and oxygen atoms in total. The summed E-state index contributed by atoms with van der Waals surface area (Å²) in [4.78, 5) is 20.7. The van der Waals surface area contributed by atoms with E-state index in [1.807, 2.05) is 7.05 Å². The number of hydrogen-bond donors (Lipinski definition) is 1. The fourth-order valence-corrected chi connectivity index (χ4v) is 1.25. The summed E-state index contributed by atoms with van der Waals surface area (Å²) >= 11 is 0. The van der Waals surface area contributed by atoms with Crippen LogP contribution in [-0.4, -0.2) is 38.3 Å². The molecule has 1 aromatic heterocycles. The Bertz CT molecular complexity index is 420. The van der Waals surface area contributed by atoms with Crippen molar-refractivity contribution in [3.63, 3.8) is 0 Å². The molecule has 1 atom stereocenters. The molecule has 2 N–H and O–H groups in total. The fourth-order valence-electron chi connectivity index (χ4n) is 1.25. The van der Waals surface area contributed by atoms with Crippen molar-refractivity contribution in [2.24, 2.45) is 10.7 Å². The van der Waals surface area contributed by atoms with E-state index in [0.29, 0.717) is 0 Å². The molecule has 78 valence electrons. The van der Waals surface area contributed by atoms with Crippen LogP contribution >= 0.6 is 0 Å². The summed E-state index contributed by atoms with van der Waals surface area (Å²) in [6.45, 7) is 0. The molecule has 0 aromatic carbocycles. The number of nitrogens with two attached hydrogens (primary N) is 1. The number of hydrogen-bond acceptors (Lipinski definition) is 5. The minimum Gasteiger partial charge on any atom is -0.364 e. The highest BCUT2D eigenvalue weighted by molar-refractivity contribution is 6.42. The van der Waals surface area contributed by atoms with E-state index in [-0.39, 0.29) is 5.71 Å². The van der Waals surface area contributed by atoms with E-state index in [0.717, 1.165) is 0 Å². The van der Waals surface area contributed by atoms with E-state index in [9.17, 15) is 4.79 Å². The molecule has 0 bridgehead atoms. The van der Waals surface area contributed by atoms with Gasteiger partial charge in [-0.2, -0.15) is 5.10 Å². The van der Waals surface area contributed by atoms with E-state index < -0.39 is 12.2 Å². The monoisotopic (exact) mass is 206 g/mol. The van der Waals surface area contributed by atoms with Crippen molar-refractivity contribution < 1.29 is 4.79 Å². The normalized spacial score (nSPS) is 20.2. The average Bonchev–Trinajstić information content (AvgIpc) is 2.71. The van der Waals surface area contributed by atoms with Crippen LogP contribution < -0.4 is 5.73 Å². The minimum absolute atomic E-state index is 0.230. The van der Waals surface area contributed by atoms with Gasteiger partial charge in [0, 0.05) is 13.2 Å². The van der Waals surface area contributed by atoms with Crippen molar-refractivity contribution in [1.29, 1.82) is 0 Å². The second kappa shape index (κ2) is 3.52. The number of amides is 1. The molecular weight excluding hydrogens is 196 g/mol. The molecule has 0 saturated carbocycles. The number of nitrogens with zero attached hydrogens (tertiary/aromatic N) is 5. The number of primary amides is 1. The number of carbonyl (C=O) groups is 1. The highest BCUT2D eigenvalue weighted by Gasteiger charge is 2.19. The lowest BCUT2D eigenvalue weighted by molar-refractivity contribution is -0.112. The van der Waals surface area contributed by atoms with Gasteiger partial charge < -0.3 is 10.6 Å². The van der Waals surface area contributed by atoms with Crippen LogP contribution in [0.4, 0.5) is 0 Å². The number of aromatic nitrogens is 3. The van der Waals surface area contributed by atoms with Crippen molar-refractivity contribution in [2.75, 3.05) is 7.05 Å². The van der Waals surface area contributed by atoms with Gasteiger partial charge in [0.05, 0.1) is 0 Å². The first-order chi connectivity index (χ1) is 7.18. The van der Waals surface area contributed by atoms with Crippen LogP contribution in [-0.2, 0) is 4.79 Å². The van der Waals surface area contributed by atoms with Gasteiger partial charge in [-0.1, -0.05) is 0 Å². The summed E-state index contributed by atoms with van der Waals surface area (Å²) in [6, 6.07) is 0. The van der Waals surface area contributed by atoms with Crippen LogP contribution in [0.2, 0.25) is 0 Å². The topological polar surface area (TPSA) is 89.4 Å². The number of aliphatic imine (C=N–C) groups is 1. The average molecular weight is 206 g/mol. The van der Waals surface area contributed by atoms with Gasteiger partial charge in [0.1, 0.15) is 18.4 Å². The van der Waals surface area contributed by atoms with Gasteiger partial charge in [-0.05, 0) is 6.08 Å². The third-order valence-electron chi connectivity index (χ3n) is 2.01. The molecule has 1 aliphatic heterocycles. The maximum atomic E-state index is 11.0. The predicted molar refractivity (Wildman–Crippen MR) is 52.6 cm³/mol. The van der Waals surface area contributed by atoms with E-state index in [1.54, 1.807) is 17.2 Å². The van der Waals surface area contributed by atoms with Gasteiger partial charge in [-0.25, -0.2) is 14.7 Å². The first-order valence-electron chi connectivity index (χ1n) is 4.30. The Morgan fingerprint density at radius 2 is 2.40 bits per heavy atom. The zero-order valence-electron chi connectivity index (χ0n) is 8.11. The molecule has 2 rings (SSSR count). The van der Waals surface area contributed by atoms with Gasteiger partial charge in [-0.3, -0.25) is 4.79 Å². The van der Waals surface area contributed by atoms with Gasteiger partial charge in [-0.15, -0.1) is 0 Å². The van der Waals surface area contributed by atoms with Crippen molar-refractivity contribution in [1.82, 2.24) is 19.7 Å². The standard InChI is InChI=1S/C8H10N6O/c1-13-3-2-6(7(9)15)12-8(13)14-5-10-4-11-14/h2-5,8H,1H3,(H2,9,15). The maximum Gasteiger partial charge on any atom is 0.267 e. The van der Waals surface area contributed by atoms with E-state index in [1.165, 1.54) is 17.3 Å². The predicted octanol–water partition coefficient (Wildman–Crippen LogP) is -0.880. The summed E-state index contributed by atoms with van der Waals surface area (Å²) in [7, 11) is 1.82. The van der Waals surface area contributed by atoms with Crippen LogP contribution in [0.1, 0.15) is 6.29 Å². The molecule has 0 radical (unpaired) electrons. The highest BCUT2D eigenvalue weighted by Crippen LogP contribution is 2.15. The Morgan fingerprint density at radius 3 is 3.00 bits per heavy atom. The number of carbonyl (C=O) groups excluding carboxylic acids is 1. The molecule has 0 fully saturated rings. The largest absolute Gasteiger partial charge is 0.364 e. The third-order valence-corrected chi connectivity index (χ3v) is 2.01. The maximum absolute atomic E-state index is 11.0. The molecule has 1 amide bonds. The Balaban J connectivity index is 2.32. The second-order valence-electron chi connectivity index (χ2n) is 3.08. The molecule has 0 spiro atoms. The van der Waals surface area contributed by atoms with Crippen molar-refractivity contribution in [2.45, 2.75) is 6.29 Å². The van der Waals surface area contributed by atoms with Gasteiger partial charge in [0.2, 0.25) is 6.29 Å². The van der Waals surface area contributed by atoms with Gasteiger partial charge in [0.15, 0.2) is 0 Å². The van der Waals surface area contributed by atoms with E-state index in [2.05, 4.69) is 15.1 Å². The zero-order chi connectivity index (χ0) is 10.8. The molecule has 0 aliphatic carbocycles. The van der Waals surface area contributed by atoms with Gasteiger partial charge in [0.25, 0.3) is 5.91 Å². The lowest BCUT2D eigenvalue weighted by atomic mass is 10.3. The Hall–Kier alpha value is -2.18. The van der Waals surface area contributed by atoms with Crippen LogP contribution in [0.25, 0.3) is 0 Å². The van der Waals surface area contributed by atoms with Crippen molar-refractivity contribution >= 4 is 11.6 Å². The van der Waals surface area contributed by atoms with Gasteiger partial charge >= 0.3 is 0 Å². The smallest absolute Gasteiger partial charge is 0.267 e. The quantitative estimate of drug-likeness (QED) is 0.680. The summed E-state index contributed by atoms with van der Waals surface area (Å²) < 4.78 is 1.53. The molecule has 0 saturated heterocycles. The van der Waals surface area contributed by atoms with Crippen molar-refractivity contribution in [3.05, 3.63) is 24.9 Å². The fraction of sp³-hybridized carbons (Fsp3) is 0.250. The molecule has 1 unspecified atom stereocenters. The molecule has 1 aromatic rings. The second-order valence-corrected chi connectivity index (χ2v) is 3.08. The Labute approximate surface area is 85.9 Å². The minimum atomic E-state index is -0.551. The summed E-state index contributed by atoms with van der Waals surface area (Å²) in [5.74, 6) is -0.551. The molecule has 1 aliphatic rings. The Kier molecular flexibility index (Phi) is 2.20. The molecule has 2 heterocycles. The van der Waals surface area contributed by atoms with Crippen LogP contribution in [0, 0.1) is 0 Å². The Morgan fingerprint density at radius 1 is 1.60 bits per heavy atom. The van der Waals surface area contributed by atoms with E-state index in [4.69, 9.17) is 5.73 Å². The SMILES string of the molecule is CN1C=CC(C(N)=O)=NC1n1cncn1. The van der Waals surface area contributed by atoms with Crippen LogP contribution in [0.5, 0.6) is 0 Å². The van der Waals surface area contributed by atoms with E-state index >= 15 is 0 Å². The molecular formula is C8H10N6O. The first kappa shape index (κ1) is 9.38. The lowest BCUT2D eigenvalue weighted by Gasteiger charge is -2.26. The van der Waals surface area contributed by atoms with Crippen LogP contribution in [0.15, 0.2) is 29.9 Å². The lowest BCUT2D eigenvalue weighted by Crippen LogP contribution is -2.32. The highest BCUT2D eigenvalue weighted by atomic mass is 16.1.